The molecule has 2 atom stereocenters. The highest BCUT2D eigenvalue weighted by molar-refractivity contribution is 5.73. The number of carboxylic acids is 1. The lowest BCUT2D eigenvalue weighted by Gasteiger charge is -2.24. The lowest BCUT2D eigenvalue weighted by molar-refractivity contribution is -0.192. The Kier molecular flexibility index (Phi) is 7.86. The van der Waals surface area contributed by atoms with Crippen molar-refractivity contribution in [1.29, 1.82) is 0 Å². The predicted molar refractivity (Wildman–Crippen MR) is 131 cm³/mol. The van der Waals surface area contributed by atoms with E-state index >= 15 is 0 Å². The maximum absolute atomic E-state index is 14.7. The molecule has 10 nitrogen and oxygen atoms in total. The van der Waals surface area contributed by atoms with Crippen LogP contribution >= 0.6 is 0 Å². The van der Waals surface area contributed by atoms with Crippen LogP contribution in [-0.2, 0) is 11.3 Å². The van der Waals surface area contributed by atoms with E-state index < -0.39 is 23.6 Å². The Morgan fingerprint density at radius 1 is 1.15 bits per heavy atom. The molecule has 0 spiro atoms. The summed E-state index contributed by atoms with van der Waals surface area (Å²) in [4.78, 5) is 17.6. The summed E-state index contributed by atoms with van der Waals surface area (Å²) in [7, 11) is 0. The van der Waals surface area contributed by atoms with Gasteiger partial charge in [-0.05, 0) is 62.6 Å². The summed E-state index contributed by atoms with van der Waals surface area (Å²) in [5.41, 5.74) is 0.716. The number of alkyl halides is 3. The summed E-state index contributed by atoms with van der Waals surface area (Å²) in [6.45, 7) is 4.01. The number of anilines is 2. The van der Waals surface area contributed by atoms with Crippen molar-refractivity contribution in [2.75, 3.05) is 5.32 Å². The molecule has 0 saturated heterocycles. The van der Waals surface area contributed by atoms with Gasteiger partial charge in [-0.25, -0.2) is 27.9 Å². The molecule has 0 aliphatic carbocycles. The van der Waals surface area contributed by atoms with Crippen LogP contribution in [0.3, 0.4) is 0 Å². The summed E-state index contributed by atoms with van der Waals surface area (Å²) in [5.74, 6) is -2.24. The van der Waals surface area contributed by atoms with Crippen LogP contribution < -0.4 is 5.32 Å². The number of aliphatic carboxylic acids is 1. The van der Waals surface area contributed by atoms with Gasteiger partial charge in [-0.3, -0.25) is 0 Å². The average molecular weight is 566 g/mol. The van der Waals surface area contributed by atoms with Crippen LogP contribution in [0.2, 0.25) is 0 Å². The number of nitrogens with zero attached hydrogens (tertiary/aromatic N) is 6. The third-order valence-corrected chi connectivity index (χ3v) is 6.18. The molecule has 2 aromatic heterocycles. The Hall–Kier alpha value is -4.40. The number of carboxylic acid groups (broad SMARTS) is 1. The lowest BCUT2D eigenvalue weighted by atomic mass is 9.86. The molecule has 0 saturated carbocycles. The molecule has 0 bridgehead atoms. The number of rotatable bonds is 4. The molecule has 4 aromatic rings. The van der Waals surface area contributed by atoms with Gasteiger partial charge in [0.05, 0.1) is 5.60 Å². The summed E-state index contributed by atoms with van der Waals surface area (Å²) in [5, 5.41) is 29.5. The lowest BCUT2D eigenvalue weighted by Crippen LogP contribution is -2.26. The first-order valence-corrected chi connectivity index (χ1v) is 11.9. The SMILES string of the molecule is Cc1ncnn1-c1ccc(Nc2nc3n(n2)CC[C@@](C)(O)C[C@@H]3c2ccc(F)cc2)cc1F.O=C(O)C(F)(F)F. The standard InChI is InChI=1S/C23H23F2N7O.C2HF3O2/c1-14-26-13-27-32(14)20-8-7-17(11-19(20)25)28-22-29-21-18(15-3-5-16(24)6-4-15)12-23(2,33)9-10-31(21)30-22;3-2(4,5)1(6)7/h3-8,11,13,18,33H,9-10,12H2,1-2H3,(H,28,30);(H,6,7)/t18-,23-;/m1./s1. The van der Waals surface area contributed by atoms with Gasteiger partial charge in [-0.15, -0.1) is 5.10 Å². The number of aromatic nitrogens is 6. The summed E-state index contributed by atoms with van der Waals surface area (Å²) in [6, 6.07) is 10.9. The Balaban J connectivity index is 0.000000470. The molecular weight excluding hydrogens is 541 g/mol. The van der Waals surface area contributed by atoms with Crippen molar-refractivity contribution in [3.8, 4) is 5.69 Å². The second-order valence-corrected chi connectivity index (χ2v) is 9.39. The normalized spacial score (nSPS) is 18.8. The van der Waals surface area contributed by atoms with Crippen molar-refractivity contribution in [2.24, 2.45) is 0 Å². The molecule has 0 amide bonds. The highest BCUT2D eigenvalue weighted by Crippen LogP contribution is 2.37. The predicted octanol–water partition coefficient (Wildman–Crippen LogP) is 4.50. The topological polar surface area (TPSA) is 131 Å². The number of carbonyl (C=O) groups is 1. The zero-order valence-corrected chi connectivity index (χ0v) is 21.2. The minimum absolute atomic E-state index is 0.263. The number of hydrogen-bond donors (Lipinski definition) is 3. The number of benzene rings is 2. The van der Waals surface area contributed by atoms with Crippen LogP contribution in [0.1, 0.15) is 42.9 Å². The van der Waals surface area contributed by atoms with Crippen molar-refractivity contribution in [2.45, 2.75) is 50.9 Å². The first kappa shape index (κ1) is 28.6. The number of hydrogen-bond acceptors (Lipinski definition) is 7. The molecule has 1 aliphatic heterocycles. The van der Waals surface area contributed by atoms with Crippen molar-refractivity contribution in [3.05, 3.63) is 77.6 Å². The molecule has 3 heterocycles. The van der Waals surface area contributed by atoms with Gasteiger partial charge in [0.1, 0.15) is 29.5 Å². The highest BCUT2D eigenvalue weighted by atomic mass is 19.4. The fourth-order valence-electron chi connectivity index (χ4n) is 4.19. The van der Waals surface area contributed by atoms with E-state index in [1.54, 1.807) is 42.8 Å². The average Bonchev–Trinajstić information content (AvgIpc) is 3.45. The van der Waals surface area contributed by atoms with Gasteiger partial charge < -0.3 is 15.5 Å². The Morgan fingerprint density at radius 3 is 2.40 bits per heavy atom. The molecule has 0 radical (unpaired) electrons. The smallest absolute Gasteiger partial charge is 0.475 e. The van der Waals surface area contributed by atoms with Gasteiger partial charge >= 0.3 is 12.1 Å². The number of halogens is 5. The zero-order valence-electron chi connectivity index (χ0n) is 21.2. The fourth-order valence-corrected chi connectivity index (χ4v) is 4.19. The Labute approximate surface area is 224 Å². The molecule has 1 aliphatic rings. The maximum Gasteiger partial charge on any atom is 0.490 e. The van der Waals surface area contributed by atoms with Crippen LogP contribution in [0.5, 0.6) is 0 Å². The van der Waals surface area contributed by atoms with Crippen LogP contribution in [0, 0.1) is 18.6 Å². The van der Waals surface area contributed by atoms with E-state index in [0.717, 1.165) is 5.56 Å². The van der Waals surface area contributed by atoms with Crippen molar-refractivity contribution in [1.82, 2.24) is 29.5 Å². The molecule has 5 rings (SSSR count). The number of aliphatic hydroxyl groups is 1. The molecule has 15 heteroatoms. The van der Waals surface area contributed by atoms with Crippen LogP contribution in [0.25, 0.3) is 5.69 Å². The summed E-state index contributed by atoms with van der Waals surface area (Å²) >= 11 is 0. The quantitative estimate of drug-likeness (QED) is 0.309. The number of aryl methyl sites for hydroxylation is 2. The summed E-state index contributed by atoms with van der Waals surface area (Å²) in [6.07, 6.45) is -2.78. The van der Waals surface area contributed by atoms with E-state index in [1.165, 1.54) is 29.2 Å². The van der Waals surface area contributed by atoms with E-state index in [2.05, 4.69) is 25.5 Å². The molecule has 0 fully saturated rings. The van der Waals surface area contributed by atoms with Gasteiger partial charge in [-0.2, -0.15) is 23.3 Å². The van der Waals surface area contributed by atoms with Crippen LogP contribution in [0.15, 0.2) is 48.8 Å². The third-order valence-electron chi connectivity index (χ3n) is 6.18. The summed E-state index contributed by atoms with van der Waals surface area (Å²) < 4.78 is 63.1. The van der Waals surface area contributed by atoms with Gasteiger partial charge in [0.25, 0.3) is 0 Å². The minimum atomic E-state index is -5.08. The van der Waals surface area contributed by atoms with E-state index in [-0.39, 0.29) is 11.7 Å². The maximum atomic E-state index is 14.7. The third kappa shape index (κ3) is 6.59. The molecular formula is C25H24F5N7O3. The molecule has 40 heavy (non-hydrogen) atoms. The zero-order chi connectivity index (χ0) is 29.2. The van der Waals surface area contributed by atoms with Gasteiger partial charge in [0.15, 0.2) is 5.82 Å². The van der Waals surface area contributed by atoms with Gasteiger partial charge in [0, 0.05) is 18.2 Å². The first-order chi connectivity index (χ1) is 18.7. The van der Waals surface area contributed by atoms with Crippen LogP contribution in [-0.4, -0.2) is 57.5 Å². The molecule has 3 N–H and O–H groups in total. The van der Waals surface area contributed by atoms with Crippen molar-refractivity contribution >= 4 is 17.6 Å². The molecule has 2 aromatic carbocycles. The first-order valence-electron chi connectivity index (χ1n) is 11.9. The van der Waals surface area contributed by atoms with Crippen molar-refractivity contribution in [3.63, 3.8) is 0 Å². The van der Waals surface area contributed by atoms with Gasteiger partial charge in [-0.1, -0.05) is 12.1 Å². The molecule has 212 valence electrons. The number of nitrogens with one attached hydrogen (secondary N) is 1. The van der Waals surface area contributed by atoms with E-state index in [0.29, 0.717) is 48.4 Å². The second kappa shape index (κ2) is 11.0. The highest BCUT2D eigenvalue weighted by Gasteiger charge is 2.38. The Morgan fingerprint density at radius 2 is 1.82 bits per heavy atom. The molecule has 0 unspecified atom stereocenters. The van der Waals surface area contributed by atoms with E-state index in [1.807, 2.05) is 0 Å². The minimum Gasteiger partial charge on any atom is -0.475 e. The van der Waals surface area contributed by atoms with E-state index in [4.69, 9.17) is 9.90 Å². The van der Waals surface area contributed by atoms with Crippen LogP contribution in [0.4, 0.5) is 33.6 Å². The van der Waals surface area contributed by atoms with E-state index in [9.17, 15) is 27.1 Å². The monoisotopic (exact) mass is 565 g/mol. The Bertz CT molecular complexity index is 1500. The largest absolute Gasteiger partial charge is 0.490 e. The van der Waals surface area contributed by atoms with Gasteiger partial charge in [0.2, 0.25) is 5.95 Å². The second-order valence-electron chi connectivity index (χ2n) is 9.39. The number of fused-ring (bicyclic) bond motifs is 1. The fraction of sp³-hybridized carbons (Fsp3) is 0.320. The van der Waals surface area contributed by atoms with Crippen molar-refractivity contribution < 1.29 is 37.0 Å².